The summed E-state index contributed by atoms with van der Waals surface area (Å²) in [4.78, 5) is 18.7. The van der Waals surface area contributed by atoms with Crippen molar-refractivity contribution in [3.8, 4) is 10.8 Å². The van der Waals surface area contributed by atoms with Crippen LogP contribution >= 0.6 is 11.3 Å². The van der Waals surface area contributed by atoms with Crippen LogP contribution in [0.5, 0.6) is 0 Å². The summed E-state index contributed by atoms with van der Waals surface area (Å²) in [7, 11) is 0. The highest BCUT2D eigenvalue weighted by Gasteiger charge is 2.31. The average molecular weight is 292 g/mol. The van der Waals surface area contributed by atoms with Crippen molar-refractivity contribution >= 4 is 17.3 Å². The van der Waals surface area contributed by atoms with Gasteiger partial charge >= 0.3 is 5.97 Å². The minimum Gasteiger partial charge on any atom is -0.480 e. The van der Waals surface area contributed by atoms with Crippen LogP contribution in [0.15, 0.2) is 21.9 Å². The molecule has 1 saturated heterocycles. The van der Waals surface area contributed by atoms with E-state index in [1.807, 2.05) is 29.3 Å². The summed E-state index contributed by atoms with van der Waals surface area (Å²) < 4.78 is 5.69. The second-order valence-electron chi connectivity index (χ2n) is 4.97. The van der Waals surface area contributed by atoms with E-state index in [4.69, 9.17) is 4.42 Å². The van der Waals surface area contributed by atoms with E-state index in [0.29, 0.717) is 18.9 Å². The number of hydrogen-bond donors (Lipinski definition) is 1. The van der Waals surface area contributed by atoms with Crippen molar-refractivity contribution in [2.75, 3.05) is 6.54 Å². The van der Waals surface area contributed by atoms with Crippen molar-refractivity contribution in [2.45, 2.75) is 32.4 Å². The lowest BCUT2D eigenvalue weighted by molar-refractivity contribution is -0.142. The van der Waals surface area contributed by atoms with Crippen LogP contribution in [-0.4, -0.2) is 33.5 Å². The average Bonchev–Trinajstić information content (AvgIpc) is 3.11. The number of hydrogen-bond acceptors (Lipinski definition) is 5. The molecule has 3 heterocycles. The number of carboxylic acids is 1. The maximum Gasteiger partial charge on any atom is 0.320 e. The Kier molecular flexibility index (Phi) is 3.58. The Hall–Kier alpha value is -1.66. The molecule has 2 aromatic heterocycles. The third-order valence-electron chi connectivity index (χ3n) is 3.63. The number of aryl methyl sites for hydroxylation is 1. The van der Waals surface area contributed by atoms with Gasteiger partial charge < -0.3 is 9.52 Å². The minimum absolute atomic E-state index is 0.392. The summed E-state index contributed by atoms with van der Waals surface area (Å²) in [6.07, 6.45) is 1.63. The van der Waals surface area contributed by atoms with Crippen LogP contribution in [0.2, 0.25) is 0 Å². The Bertz CT molecular complexity index is 606. The van der Waals surface area contributed by atoms with Crippen LogP contribution in [0.3, 0.4) is 0 Å². The van der Waals surface area contributed by atoms with Gasteiger partial charge in [-0.05, 0) is 37.8 Å². The Labute approximate surface area is 120 Å². The lowest BCUT2D eigenvalue weighted by atomic mass is 10.2. The van der Waals surface area contributed by atoms with E-state index >= 15 is 0 Å². The number of oxazole rings is 1. The molecule has 1 unspecified atom stereocenters. The summed E-state index contributed by atoms with van der Waals surface area (Å²) in [5.74, 6) is 0.644. The monoisotopic (exact) mass is 292 g/mol. The van der Waals surface area contributed by atoms with Crippen molar-refractivity contribution in [2.24, 2.45) is 0 Å². The van der Waals surface area contributed by atoms with Crippen LogP contribution in [0, 0.1) is 6.92 Å². The summed E-state index contributed by atoms with van der Waals surface area (Å²) in [6, 6.07) is 3.53. The Morgan fingerprint density at radius 3 is 3.20 bits per heavy atom. The van der Waals surface area contributed by atoms with E-state index < -0.39 is 12.0 Å². The van der Waals surface area contributed by atoms with Gasteiger partial charge in [-0.3, -0.25) is 9.69 Å². The first-order valence-corrected chi connectivity index (χ1v) is 7.50. The molecule has 20 heavy (non-hydrogen) atoms. The maximum atomic E-state index is 11.2. The fourth-order valence-corrected chi connectivity index (χ4v) is 3.22. The fraction of sp³-hybridized carbons (Fsp3) is 0.429. The molecule has 1 aliphatic heterocycles. The van der Waals surface area contributed by atoms with Crippen molar-refractivity contribution in [1.29, 1.82) is 0 Å². The smallest absolute Gasteiger partial charge is 0.320 e. The SMILES string of the molecule is Cc1oc(-c2cccs2)nc1CN1CCCC1C(=O)O. The number of aliphatic carboxylic acids is 1. The van der Waals surface area contributed by atoms with Crippen LogP contribution in [-0.2, 0) is 11.3 Å². The summed E-state index contributed by atoms with van der Waals surface area (Å²) >= 11 is 1.58. The van der Waals surface area contributed by atoms with Gasteiger partial charge in [0.15, 0.2) is 0 Å². The van der Waals surface area contributed by atoms with Gasteiger partial charge in [0.25, 0.3) is 0 Å². The van der Waals surface area contributed by atoms with Crippen LogP contribution < -0.4 is 0 Å². The first kappa shape index (κ1) is 13.3. The molecule has 0 amide bonds. The van der Waals surface area contributed by atoms with Gasteiger partial charge in [-0.25, -0.2) is 4.98 Å². The molecule has 0 aliphatic carbocycles. The Balaban J connectivity index is 1.79. The van der Waals surface area contributed by atoms with Crippen LogP contribution in [0.4, 0.5) is 0 Å². The van der Waals surface area contributed by atoms with E-state index in [9.17, 15) is 9.90 Å². The topological polar surface area (TPSA) is 66.6 Å². The molecular formula is C14H16N2O3S. The second-order valence-corrected chi connectivity index (χ2v) is 5.91. The summed E-state index contributed by atoms with van der Waals surface area (Å²) in [5, 5.41) is 11.2. The molecule has 2 aromatic rings. The zero-order valence-corrected chi connectivity index (χ0v) is 12.0. The number of carboxylic acid groups (broad SMARTS) is 1. The van der Waals surface area contributed by atoms with Gasteiger partial charge in [0, 0.05) is 6.54 Å². The lowest BCUT2D eigenvalue weighted by Gasteiger charge is -2.19. The van der Waals surface area contributed by atoms with Crippen molar-refractivity contribution in [3.63, 3.8) is 0 Å². The van der Waals surface area contributed by atoms with Gasteiger partial charge in [-0.2, -0.15) is 0 Å². The second kappa shape index (κ2) is 5.38. The molecule has 3 rings (SSSR count). The van der Waals surface area contributed by atoms with Crippen molar-refractivity contribution in [1.82, 2.24) is 9.88 Å². The van der Waals surface area contributed by atoms with E-state index in [1.54, 1.807) is 11.3 Å². The zero-order valence-electron chi connectivity index (χ0n) is 11.2. The summed E-state index contributed by atoms with van der Waals surface area (Å²) in [5.41, 5.74) is 0.835. The highest BCUT2D eigenvalue weighted by molar-refractivity contribution is 7.13. The van der Waals surface area contributed by atoms with Gasteiger partial charge in [-0.15, -0.1) is 11.3 Å². The molecular weight excluding hydrogens is 276 g/mol. The number of aromatic nitrogens is 1. The molecule has 1 atom stereocenters. The molecule has 6 heteroatoms. The zero-order chi connectivity index (χ0) is 14.1. The van der Waals surface area contributed by atoms with E-state index in [2.05, 4.69) is 4.98 Å². The molecule has 5 nitrogen and oxygen atoms in total. The Morgan fingerprint density at radius 2 is 2.50 bits per heavy atom. The van der Waals surface area contributed by atoms with Crippen LogP contribution in [0.1, 0.15) is 24.3 Å². The van der Waals surface area contributed by atoms with E-state index in [-0.39, 0.29) is 0 Å². The predicted octanol–water partition coefficient (Wildman–Crippen LogP) is 2.76. The maximum absolute atomic E-state index is 11.2. The van der Waals surface area contributed by atoms with Gasteiger partial charge in [0.2, 0.25) is 5.89 Å². The number of carbonyl (C=O) groups is 1. The molecule has 106 valence electrons. The normalized spacial score (nSPS) is 19.6. The molecule has 0 bridgehead atoms. The van der Waals surface area contributed by atoms with Gasteiger partial charge in [0.1, 0.15) is 11.8 Å². The quantitative estimate of drug-likeness (QED) is 0.938. The number of likely N-dealkylation sites (tertiary alicyclic amines) is 1. The largest absolute Gasteiger partial charge is 0.480 e. The number of rotatable bonds is 4. The molecule has 1 aliphatic rings. The number of thiophene rings is 1. The van der Waals surface area contributed by atoms with E-state index in [0.717, 1.165) is 29.3 Å². The molecule has 1 N–H and O–H groups in total. The van der Waals surface area contributed by atoms with Crippen molar-refractivity contribution in [3.05, 3.63) is 29.0 Å². The highest BCUT2D eigenvalue weighted by atomic mass is 32.1. The standard InChI is InChI=1S/C14H16N2O3S/c1-9-10(8-16-6-2-4-11(16)14(17)18)15-13(19-9)12-5-3-7-20-12/h3,5,7,11H,2,4,6,8H2,1H3,(H,17,18). The molecule has 1 fully saturated rings. The minimum atomic E-state index is -0.748. The first-order chi connectivity index (χ1) is 9.65. The molecule has 0 aromatic carbocycles. The lowest BCUT2D eigenvalue weighted by Crippen LogP contribution is -2.35. The molecule has 0 radical (unpaired) electrons. The predicted molar refractivity (Wildman–Crippen MR) is 75.6 cm³/mol. The third kappa shape index (κ3) is 2.48. The number of nitrogens with zero attached hydrogens (tertiary/aromatic N) is 2. The van der Waals surface area contributed by atoms with Gasteiger partial charge in [0.05, 0.1) is 10.6 Å². The van der Waals surface area contributed by atoms with E-state index in [1.165, 1.54) is 0 Å². The summed E-state index contributed by atoms with van der Waals surface area (Å²) in [6.45, 7) is 3.22. The first-order valence-electron chi connectivity index (χ1n) is 6.62. The highest BCUT2D eigenvalue weighted by Crippen LogP contribution is 2.28. The Morgan fingerprint density at radius 1 is 1.65 bits per heavy atom. The van der Waals surface area contributed by atoms with Crippen LogP contribution in [0.25, 0.3) is 10.8 Å². The molecule has 0 saturated carbocycles. The van der Waals surface area contributed by atoms with Crippen molar-refractivity contribution < 1.29 is 14.3 Å². The van der Waals surface area contributed by atoms with Gasteiger partial charge in [-0.1, -0.05) is 6.07 Å². The third-order valence-corrected chi connectivity index (χ3v) is 4.48. The molecule has 0 spiro atoms. The fourth-order valence-electron chi connectivity index (χ4n) is 2.57.